The molecule has 3 rings (SSSR count). The van der Waals surface area contributed by atoms with Crippen molar-refractivity contribution in [3.05, 3.63) is 54.5 Å². The Morgan fingerprint density at radius 1 is 1.42 bits per heavy atom. The zero-order valence-electron chi connectivity index (χ0n) is 14.9. The van der Waals surface area contributed by atoms with Crippen molar-refractivity contribution in [1.82, 2.24) is 19.9 Å². The fraction of sp³-hybridized carbons (Fsp3) is 0.333. The molecule has 2 N–H and O–H groups in total. The van der Waals surface area contributed by atoms with Crippen molar-refractivity contribution in [3.8, 4) is 0 Å². The van der Waals surface area contributed by atoms with Crippen molar-refractivity contribution in [1.29, 1.82) is 0 Å². The second kappa shape index (κ2) is 7.51. The van der Waals surface area contributed by atoms with Gasteiger partial charge in [0.2, 0.25) is 0 Å². The molecule has 0 atom stereocenters. The number of thiazole rings is 1. The first-order valence-electron chi connectivity index (χ1n) is 8.37. The normalized spacial score (nSPS) is 11.0. The first-order chi connectivity index (χ1) is 12.4. The summed E-state index contributed by atoms with van der Waals surface area (Å²) in [6.45, 7) is 4.67. The number of benzene rings is 1. The number of nitrogens with zero attached hydrogens (tertiary/aromatic N) is 2. The molecule has 1 aromatic carbocycles. The van der Waals surface area contributed by atoms with E-state index < -0.39 is 0 Å². The van der Waals surface area contributed by atoms with E-state index in [1.54, 1.807) is 36.6 Å². The maximum Gasteiger partial charge on any atom is 0.261 e. The van der Waals surface area contributed by atoms with Gasteiger partial charge in [-0.2, -0.15) is 0 Å². The van der Waals surface area contributed by atoms with E-state index in [0.29, 0.717) is 34.2 Å². The monoisotopic (exact) mass is 388 g/mol. The van der Waals surface area contributed by atoms with Crippen LogP contribution in [0.25, 0.3) is 10.9 Å². The van der Waals surface area contributed by atoms with Crippen LogP contribution in [0.15, 0.2) is 23.0 Å². The molecule has 1 amide bonds. The molecule has 0 bridgehead atoms. The summed E-state index contributed by atoms with van der Waals surface area (Å²) in [6, 6.07) is 4.96. The lowest BCUT2D eigenvalue weighted by atomic mass is 10.1. The number of nitrogens with one attached hydrogen (secondary N) is 2. The Morgan fingerprint density at radius 2 is 2.19 bits per heavy atom. The highest BCUT2D eigenvalue weighted by Gasteiger charge is 2.10. The van der Waals surface area contributed by atoms with Crippen LogP contribution in [0.4, 0.5) is 0 Å². The molecule has 2 heterocycles. The van der Waals surface area contributed by atoms with Crippen molar-refractivity contribution < 1.29 is 4.79 Å². The van der Waals surface area contributed by atoms with E-state index in [1.165, 1.54) is 9.44 Å². The lowest BCUT2D eigenvalue weighted by Crippen LogP contribution is -2.26. The molecule has 0 aliphatic carbocycles. The van der Waals surface area contributed by atoms with Gasteiger partial charge in [0.05, 0.1) is 21.6 Å². The second-order valence-corrected chi connectivity index (χ2v) is 7.70. The lowest BCUT2D eigenvalue weighted by molar-refractivity contribution is 0.0954. The molecule has 0 saturated carbocycles. The highest BCUT2D eigenvalue weighted by molar-refractivity contribution is 7.71. The molecule has 3 aromatic rings. The zero-order chi connectivity index (χ0) is 18.8. The van der Waals surface area contributed by atoms with Gasteiger partial charge < -0.3 is 10.3 Å². The van der Waals surface area contributed by atoms with Gasteiger partial charge in [-0.25, -0.2) is 4.98 Å². The third kappa shape index (κ3) is 3.61. The van der Waals surface area contributed by atoms with E-state index in [2.05, 4.69) is 29.1 Å². The Balaban J connectivity index is 1.72. The number of fused-ring (bicyclic) bond motifs is 1. The number of hydrogen-bond donors (Lipinski definition) is 2. The zero-order valence-corrected chi connectivity index (χ0v) is 16.5. The van der Waals surface area contributed by atoms with E-state index >= 15 is 0 Å². The predicted octanol–water partition coefficient (Wildman–Crippen LogP) is 2.90. The Hall–Kier alpha value is -2.32. The molecule has 0 unspecified atom stereocenters. The summed E-state index contributed by atoms with van der Waals surface area (Å²) in [4.78, 5) is 33.4. The lowest BCUT2D eigenvalue weighted by Gasteiger charge is -2.06. The first kappa shape index (κ1) is 18.5. The van der Waals surface area contributed by atoms with Gasteiger partial charge >= 0.3 is 0 Å². The number of rotatable bonds is 5. The van der Waals surface area contributed by atoms with Crippen molar-refractivity contribution in [2.24, 2.45) is 7.05 Å². The van der Waals surface area contributed by atoms with Gasteiger partial charge in [-0.05, 0) is 43.8 Å². The van der Waals surface area contributed by atoms with Crippen molar-refractivity contribution >= 4 is 40.4 Å². The molecule has 0 fully saturated rings. The minimum atomic E-state index is -0.184. The topological polar surface area (TPSA) is 79.8 Å². The molecule has 0 saturated heterocycles. The molecule has 2 aromatic heterocycles. The predicted molar refractivity (Wildman–Crippen MR) is 107 cm³/mol. The third-order valence-corrected chi connectivity index (χ3v) is 5.71. The average molecular weight is 389 g/mol. The van der Waals surface area contributed by atoms with Crippen LogP contribution < -0.4 is 10.9 Å². The molecule has 0 aliphatic rings. The molecular formula is C18H20N4O2S2. The molecule has 0 aliphatic heterocycles. The molecule has 136 valence electrons. The largest absolute Gasteiger partial charge is 0.352 e. The number of aromatic nitrogens is 3. The summed E-state index contributed by atoms with van der Waals surface area (Å²) in [6.07, 6.45) is 1.63. The fourth-order valence-corrected chi connectivity index (χ4v) is 3.97. The molecule has 26 heavy (non-hydrogen) atoms. The van der Waals surface area contributed by atoms with E-state index in [1.807, 2.05) is 0 Å². The van der Waals surface area contributed by atoms with Crippen LogP contribution >= 0.6 is 23.6 Å². The highest BCUT2D eigenvalue weighted by atomic mass is 32.1. The molecule has 0 radical (unpaired) electrons. The summed E-state index contributed by atoms with van der Waals surface area (Å²) in [5.41, 5.74) is 2.00. The minimum Gasteiger partial charge on any atom is -0.352 e. The standard InChI is InChI=1S/C18H20N4O2S2/c1-4-13-10(2)26-15(20-13)7-8-19-16(23)11-5-6-12-14(9-11)21-18(25)22(3)17(12)24/h5-6,9H,4,7-8H2,1-3H3,(H,19,23)(H,21,25). The first-order valence-corrected chi connectivity index (χ1v) is 9.59. The quantitative estimate of drug-likeness (QED) is 0.659. The number of carbonyl (C=O) groups excluding carboxylic acids is 1. The van der Waals surface area contributed by atoms with Gasteiger partial charge in [0.25, 0.3) is 11.5 Å². The van der Waals surface area contributed by atoms with Crippen molar-refractivity contribution in [2.45, 2.75) is 26.7 Å². The summed E-state index contributed by atoms with van der Waals surface area (Å²) in [7, 11) is 1.62. The average Bonchev–Trinajstić information content (AvgIpc) is 2.99. The number of carbonyl (C=O) groups is 1. The van der Waals surface area contributed by atoms with Gasteiger partial charge in [0.15, 0.2) is 4.77 Å². The number of aromatic amines is 1. The van der Waals surface area contributed by atoms with Gasteiger partial charge in [0.1, 0.15) is 0 Å². The van der Waals surface area contributed by atoms with Crippen LogP contribution in [0.3, 0.4) is 0 Å². The number of aryl methyl sites for hydroxylation is 2. The van der Waals surface area contributed by atoms with E-state index in [-0.39, 0.29) is 11.5 Å². The molecular weight excluding hydrogens is 368 g/mol. The van der Waals surface area contributed by atoms with Gasteiger partial charge in [-0.3, -0.25) is 14.2 Å². The van der Waals surface area contributed by atoms with Crippen LogP contribution in [-0.2, 0) is 19.9 Å². The van der Waals surface area contributed by atoms with Crippen LogP contribution in [-0.4, -0.2) is 27.0 Å². The SMILES string of the molecule is CCc1nc(CCNC(=O)c2ccc3c(=O)n(C)c(=S)[nH]c3c2)sc1C. The van der Waals surface area contributed by atoms with Crippen molar-refractivity contribution in [3.63, 3.8) is 0 Å². The number of hydrogen-bond acceptors (Lipinski definition) is 5. The molecule has 0 spiro atoms. The van der Waals surface area contributed by atoms with Gasteiger partial charge in [-0.15, -0.1) is 11.3 Å². The maximum atomic E-state index is 12.4. The summed E-state index contributed by atoms with van der Waals surface area (Å²) in [5, 5.41) is 4.44. The van der Waals surface area contributed by atoms with Crippen LogP contribution in [0.2, 0.25) is 0 Å². The highest BCUT2D eigenvalue weighted by Crippen LogP contribution is 2.18. The molecule has 6 nitrogen and oxygen atoms in total. The minimum absolute atomic E-state index is 0.179. The van der Waals surface area contributed by atoms with Crippen LogP contribution in [0, 0.1) is 11.7 Å². The van der Waals surface area contributed by atoms with E-state index in [4.69, 9.17) is 12.2 Å². The van der Waals surface area contributed by atoms with E-state index in [9.17, 15) is 9.59 Å². The Bertz CT molecular complexity index is 1090. The van der Waals surface area contributed by atoms with Gasteiger partial charge in [0, 0.05) is 30.5 Å². The fourth-order valence-electron chi connectivity index (χ4n) is 2.76. The Morgan fingerprint density at radius 3 is 2.88 bits per heavy atom. The number of amides is 1. The second-order valence-electron chi connectivity index (χ2n) is 6.02. The van der Waals surface area contributed by atoms with Crippen LogP contribution in [0.1, 0.15) is 32.9 Å². The third-order valence-electron chi connectivity index (χ3n) is 4.26. The van der Waals surface area contributed by atoms with Crippen LogP contribution in [0.5, 0.6) is 0 Å². The van der Waals surface area contributed by atoms with E-state index in [0.717, 1.165) is 17.1 Å². The smallest absolute Gasteiger partial charge is 0.261 e. The van der Waals surface area contributed by atoms with Crippen molar-refractivity contribution in [2.75, 3.05) is 6.54 Å². The molecule has 8 heteroatoms. The van der Waals surface area contributed by atoms with Gasteiger partial charge in [-0.1, -0.05) is 6.92 Å². The number of H-pyrrole nitrogens is 1. The Labute approximate surface area is 159 Å². The Kier molecular flexibility index (Phi) is 5.33. The summed E-state index contributed by atoms with van der Waals surface area (Å²) < 4.78 is 1.70. The summed E-state index contributed by atoms with van der Waals surface area (Å²) >= 11 is 6.80. The maximum absolute atomic E-state index is 12.4. The summed E-state index contributed by atoms with van der Waals surface area (Å²) in [5.74, 6) is -0.184.